The van der Waals surface area contributed by atoms with Crippen molar-refractivity contribution in [1.82, 2.24) is 10.3 Å². The lowest BCUT2D eigenvalue weighted by Crippen LogP contribution is -2.24. The first-order valence-electron chi connectivity index (χ1n) is 8.52. The molecule has 0 aliphatic carbocycles. The average molecular weight is 396 g/mol. The van der Waals surface area contributed by atoms with Gasteiger partial charge in [0.25, 0.3) is 5.91 Å². The zero-order valence-corrected chi connectivity index (χ0v) is 15.3. The Morgan fingerprint density at radius 1 is 1.11 bits per heavy atom. The Kier molecular flexibility index (Phi) is 4.95. The molecule has 2 heterocycles. The molecule has 5 nitrogen and oxygen atoms in total. The highest BCUT2D eigenvalue weighted by Crippen LogP contribution is 2.26. The van der Waals surface area contributed by atoms with E-state index in [1.807, 2.05) is 12.1 Å². The van der Waals surface area contributed by atoms with Gasteiger partial charge >= 0.3 is 0 Å². The number of rotatable bonds is 5. The monoisotopic (exact) mass is 395 g/mol. The number of furan rings is 1. The first kappa shape index (κ1) is 18.0. The van der Waals surface area contributed by atoms with Crippen molar-refractivity contribution >= 4 is 40.0 Å². The number of amides is 1. The van der Waals surface area contributed by atoms with Crippen molar-refractivity contribution in [2.45, 2.75) is 6.54 Å². The molecular formula is C21H15ClFN3O2. The van der Waals surface area contributed by atoms with Crippen LogP contribution in [0.1, 0.15) is 16.1 Å². The maximum atomic E-state index is 13.1. The summed E-state index contributed by atoms with van der Waals surface area (Å²) in [4.78, 5) is 17.0. The van der Waals surface area contributed by atoms with Gasteiger partial charge in [-0.05, 0) is 48.0 Å². The summed E-state index contributed by atoms with van der Waals surface area (Å²) in [6, 6.07) is 16.5. The van der Waals surface area contributed by atoms with Crippen molar-refractivity contribution in [2.75, 3.05) is 5.32 Å². The van der Waals surface area contributed by atoms with E-state index in [2.05, 4.69) is 15.6 Å². The minimum atomic E-state index is -0.347. The molecule has 0 bridgehead atoms. The van der Waals surface area contributed by atoms with Crippen molar-refractivity contribution in [3.05, 3.63) is 89.0 Å². The Hall–Kier alpha value is -3.38. The van der Waals surface area contributed by atoms with Crippen molar-refractivity contribution in [2.24, 2.45) is 0 Å². The summed E-state index contributed by atoms with van der Waals surface area (Å²) in [5, 5.41) is 7.24. The highest BCUT2D eigenvalue weighted by Gasteiger charge is 2.14. The van der Waals surface area contributed by atoms with E-state index in [-0.39, 0.29) is 17.4 Å². The van der Waals surface area contributed by atoms with Crippen LogP contribution in [0.25, 0.3) is 11.0 Å². The molecular weight excluding hydrogens is 381 g/mol. The third-order valence-electron chi connectivity index (χ3n) is 4.13. The van der Waals surface area contributed by atoms with Crippen LogP contribution in [0.3, 0.4) is 0 Å². The maximum Gasteiger partial charge on any atom is 0.270 e. The number of carbonyl (C=O) groups excluding carboxylic acids is 1. The van der Waals surface area contributed by atoms with Gasteiger partial charge in [0.2, 0.25) is 0 Å². The standard InChI is InChI=1S/C21H15ClFN3O2/c22-14-3-1-2-13(10-14)12-24-21(27)18-11-19-17(8-9-28-19)20(26-18)25-16-6-4-15(23)5-7-16/h1-11H,12H2,(H,24,27)(H,25,26). The molecule has 28 heavy (non-hydrogen) atoms. The van der Waals surface area contributed by atoms with Crippen LogP contribution in [0, 0.1) is 5.82 Å². The second-order valence-corrected chi connectivity index (χ2v) is 6.57. The van der Waals surface area contributed by atoms with E-state index in [4.69, 9.17) is 16.0 Å². The van der Waals surface area contributed by atoms with Crippen molar-refractivity contribution in [1.29, 1.82) is 0 Å². The molecule has 0 aliphatic heterocycles. The molecule has 0 fully saturated rings. The fraction of sp³-hybridized carbons (Fsp3) is 0.0476. The van der Waals surface area contributed by atoms with Gasteiger partial charge in [-0.15, -0.1) is 0 Å². The number of anilines is 2. The van der Waals surface area contributed by atoms with Crippen molar-refractivity contribution < 1.29 is 13.6 Å². The third kappa shape index (κ3) is 3.97. The molecule has 0 atom stereocenters. The number of nitrogens with one attached hydrogen (secondary N) is 2. The van der Waals surface area contributed by atoms with Crippen LogP contribution in [0.4, 0.5) is 15.9 Å². The largest absolute Gasteiger partial charge is 0.464 e. The first-order valence-corrected chi connectivity index (χ1v) is 8.90. The Bertz CT molecular complexity index is 1140. The lowest BCUT2D eigenvalue weighted by atomic mass is 10.2. The van der Waals surface area contributed by atoms with Gasteiger partial charge in [0.15, 0.2) is 0 Å². The number of halogens is 2. The van der Waals surface area contributed by atoms with Crippen molar-refractivity contribution in [3.8, 4) is 0 Å². The van der Waals surface area contributed by atoms with Gasteiger partial charge in [-0.2, -0.15) is 0 Å². The van der Waals surface area contributed by atoms with Crippen LogP contribution in [-0.4, -0.2) is 10.9 Å². The van der Waals surface area contributed by atoms with Crippen LogP contribution in [0.5, 0.6) is 0 Å². The Balaban J connectivity index is 1.58. The molecule has 4 aromatic rings. The van der Waals surface area contributed by atoms with Gasteiger partial charge in [-0.1, -0.05) is 23.7 Å². The highest BCUT2D eigenvalue weighted by molar-refractivity contribution is 6.30. The van der Waals surface area contributed by atoms with Crippen LogP contribution >= 0.6 is 11.6 Å². The number of benzene rings is 2. The second-order valence-electron chi connectivity index (χ2n) is 6.13. The molecule has 1 amide bonds. The smallest absolute Gasteiger partial charge is 0.270 e. The molecule has 2 N–H and O–H groups in total. The van der Waals surface area contributed by atoms with Gasteiger partial charge in [0.05, 0.1) is 11.6 Å². The summed E-state index contributed by atoms with van der Waals surface area (Å²) in [6.07, 6.45) is 1.52. The predicted molar refractivity (Wildman–Crippen MR) is 106 cm³/mol. The molecule has 0 unspecified atom stereocenters. The number of hydrogen-bond donors (Lipinski definition) is 2. The number of fused-ring (bicyclic) bond motifs is 1. The van der Waals surface area contributed by atoms with E-state index < -0.39 is 0 Å². The van der Waals surface area contributed by atoms with E-state index in [0.717, 1.165) is 10.9 Å². The summed E-state index contributed by atoms with van der Waals surface area (Å²) in [5.41, 5.74) is 2.25. The second kappa shape index (κ2) is 7.70. The van der Waals surface area contributed by atoms with E-state index in [0.29, 0.717) is 28.7 Å². The lowest BCUT2D eigenvalue weighted by molar-refractivity contribution is 0.0946. The van der Waals surface area contributed by atoms with E-state index in [1.54, 1.807) is 36.4 Å². The van der Waals surface area contributed by atoms with E-state index >= 15 is 0 Å². The molecule has 7 heteroatoms. The Labute approximate surface area is 165 Å². The molecule has 0 radical (unpaired) electrons. The van der Waals surface area contributed by atoms with Crippen LogP contribution in [0.15, 0.2) is 71.3 Å². The number of pyridine rings is 1. The quantitative estimate of drug-likeness (QED) is 0.481. The van der Waals surface area contributed by atoms with Gasteiger partial charge < -0.3 is 15.1 Å². The lowest BCUT2D eigenvalue weighted by Gasteiger charge is -2.10. The molecule has 0 spiro atoms. The molecule has 0 saturated heterocycles. The SMILES string of the molecule is O=C(NCc1cccc(Cl)c1)c1cc2occc2c(Nc2ccc(F)cc2)n1. The fourth-order valence-corrected chi connectivity index (χ4v) is 2.98. The zero-order chi connectivity index (χ0) is 19.5. The topological polar surface area (TPSA) is 67.2 Å². The van der Waals surface area contributed by atoms with E-state index in [1.165, 1.54) is 18.4 Å². The van der Waals surface area contributed by atoms with Crippen LogP contribution < -0.4 is 10.6 Å². The summed E-state index contributed by atoms with van der Waals surface area (Å²) in [7, 11) is 0. The summed E-state index contributed by atoms with van der Waals surface area (Å²) in [6.45, 7) is 0.317. The minimum Gasteiger partial charge on any atom is -0.464 e. The molecule has 0 saturated carbocycles. The number of hydrogen-bond acceptors (Lipinski definition) is 4. The number of carbonyl (C=O) groups is 1. The highest BCUT2D eigenvalue weighted by atomic mass is 35.5. The first-order chi connectivity index (χ1) is 13.6. The van der Waals surface area contributed by atoms with Crippen LogP contribution in [-0.2, 0) is 6.54 Å². The molecule has 2 aromatic carbocycles. The van der Waals surface area contributed by atoms with Crippen molar-refractivity contribution in [3.63, 3.8) is 0 Å². The summed E-state index contributed by atoms with van der Waals surface area (Å²) < 4.78 is 18.6. The maximum absolute atomic E-state index is 13.1. The van der Waals surface area contributed by atoms with Gasteiger partial charge in [0.1, 0.15) is 22.9 Å². The predicted octanol–water partition coefficient (Wildman–Crippen LogP) is 5.29. The average Bonchev–Trinajstić information content (AvgIpc) is 3.17. The normalized spacial score (nSPS) is 10.8. The Morgan fingerprint density at radius 3 is 2.71 bits per heavy atom. The number of nitrogens with zero attached hydrogens (tertiary/aromatic N) is 1. The van der Waals surface area contributed by atoms with Crippen LogP contribution in [0.2, 0.25) is 5.02 Å². The van der Waals surface area contributed by atoms with Gasteiger partial charge in [-0.3, -0.25) is 4.79 Å². The van der Waals surface area contributed by atoms with E-state index in [9.17, 15) is 9.18 Å². The minimum absolute atomic E-state index is 0.203. The summed E-state index contributed by atoms with van der Waals surface area (Å²) >= 11 is 5.97. The Morgan fingerprint density at radius 2 is 1.93 bits per heavy atom. The number of aromatic nitrogens is 1. The molecule has 0 aliphatic rings. The van der Waals surface area contributed by atoms with Gasteiger partial charge in [-0.25, -0.2) is 9.37 Å². The molecule has 4 rings (SSSR count). The van der Waals surface area contributed by atoms with Gasteiger partial charge in [0, 0.05) is 23.3 Å². The fourth-order valence-electron chi connectivity index (χ4n) is 2.77. The zero-order valence-electron chi connectivity index (χ0n) is 14.6. The molecule has 140 valence electrons. The summed E-state index contributed by atoms with van der Waals surface area (Å²) in [5.74, 6) is -0.229. The molecule has 2 aromatic heterocycles. The third-order valence-corrected chi connectivity index (χ3v) is 4.37.